The summed E-state index contributed by atoms with van der Waals surface area (Å²) < 4.78 is 0. The van der Waals surface area contributed by atoms with Gasteiger partial charge in [-0.3, -0.25) is 0 Å². The van der Waals surface area contributed by atoms with Gasteiger partial charge in [-0.25, -0.2) is 9.97 Å². The Kier molecular flexibility index (Phi) is 5.59. The minimum Gasteiger partial charge on any atom is -0.391 e. The zero-order chi connectivity index (χ0) is 14.4. The second kappa shape index (κ2) is 7.43. The van der Waals surface area contributed by atoms with E-state index in [-0.39, 0.29) is 12.1 Å². The van der Waals surface area contributed by atoms with Crippen molar-refractivity contribution in [1.29, 1.82) is 0 Å². The lowest BCUT2D eigenvalue weighted by Crippen LogP contribution is -2.36. The van der Waals surface area contributed by atoms with Crippen LogP contribution in [0, 0.1) is 0 Å². The van der Waals surface area contributed by atoms with Crippen LogP contribution in [0.4, 0.5) is 11.6 Å². The average molecular weight is 278 g/mol. The van der Waals surface area contributed by atoms with Gasteiger partial charge in [-0.2, -0.15) is 0 Å². The molecule has 1 aromatic rings. The number of nitrogens with zero attached hydrogens (tertiary/aromatic N) is 2. The van der Waals surface area contributed by atoms with Crippen molar-refractivity contribution < 1.29 is 5.11 Å². The predicted molar refractivity (Wildman–Crippen MR) is 82.1 cm³/mol. The largest absolute Gasteiger partial charge is 0.391 e. The molecule has 20 heavy (non-hydrogen) atoms. The zero-order valence-electron chi connectivity index (χ0n) is 12.5. The number of nitrogens with one attached hydrogen (secondary N) is 2. The van der Waals surface area contributed by atoms with Crippen molar-refractivity contribution in [2.45, 2.75) is 64.5 Å². The van der Waals surface area contributed by atoms with Gasteiger partial charge in [0.1, 0.15) is 17.5 Å². The van der Waals surface area contributed by atoms with Crippen LogP contribution < -0.4 is 10.6 Å². The first-order valence-electron chi connectivity index (χ1n) is 7.79. The Morgan fingerprint density at radius 1 is 1.20 bits per heavy atom. The molecule has 3 N–H and O–H groups in total. The van der Waals surface area contributed by atoms with E-state index in [1.807, 2.05) is 6.07 Å². The molecule has 1 heterocycles. The topological polar surface area (TPSA) is 70.1 Å². The first-order chi connectivity index (χ1) is 9.72. The number of hydrogen-bond acceptors (Lipinski definition) is 5. The van der Waals surface area contributed by atoms with E-state index in [4.69, 9.17) is 0 Å². The molecule has 0 radical (unpaired) electrons. The summed E-state index contributed by atoms with van der Waals surface area (Å²) in [6, 6.07) is 2.05. The van der Waals surface area contributed by atoms with Gasteiger partial charge < -0.3 is 15.7 Å². The van der Waals surface area contributed by atoms with Crippen LogP contribution in [0.1, 0.15) is 51.8 Å². The van der Waals surface area contributed by atoms with E-state index in [9.17, 15) is 5.11 Å². The van der Waals surface area contributed by atoms with Gasteiger partial charge in [0.15, 0.2) is 0 Å². The monoisotopic (exact) mass is 278 g/mol. The molecule has 2 unspecified atom stereocenters. The summed E-state index contributed by atoms with van der Waals surface area (Å²) in [5, 5.41) is 16.7. The fraction of sp³-hybridized carbons (Fsp3) is 0.733. The van der Waals surface area contributed by atoms with Gasteiger partial charge in [0, 0.05) is 19.0 Å². The summed E-state index contributed by atoms with van der Waals surface area (Å²) in [6.45, 7) is 5.02. The highest BCUT2D eigenvalue weighted by atomic mass is 16.3. The molecule has 0 spiro atoms. The Bertz CT molecular complexity index is 400. The minimum atomic E-state index is -0.268. The van der Waals surface area contributed by atoms with Crippen molar-refractivity contribution in [3.8, 4) is 0 Å². The van der Waals surface area contributed by atoms with Crippen LogP contribution in [0.5, 0.6) is 0 Å². The molecule has 0 amide bonds. The number of anilines is 2. The second-order valence-electron chi connectivity index (χ2n) is 5.44. The zero-order valence-corrected chi connectivity index (χ0v) is 12.5. The molecule has 0 aromatic carbocycles. The summed E-state index contributed by atoms with van der Waals surface area (Å²) in [5.41, 5.74) is 0. The van der Waals surface area contributed by atoms with Crippen molar-refractivity contribution in [2.24, 2.45) is 0 Å². The molecular weight excluding hydrogens is 252 g/mol. The third-order valence-corrected chi connectivity index (χ3v) is 3.67. The van der Waals surface area contributed by atoms with Gasteiger partial charge in [-0.1, -0.05) is 19.8 Å². The average Bonchev–Trinajstić information content (AvgIpc) is 2.42. The van der Waals surface area contributed by atoms with E-state index in [1.54, 1.807) is 0 Å². The van der Waals surface area contributed by atoms with Crippen LogP contribution >= 0.6 is 0 Å². The molecule has 2 atom stereocenters. The molecule has 1 saturated carbocycles. The van der Waals surface area contributed by atoms with Crippen LogP contribution in [0.25, 0.3) is 0 Å². The summed E-state index contributed by atoms with van der Waals surface area (Å²) in [7, 11) is 0. The molecule has 112 valence electrons. The van der Waals surface area contributed by atoms with Gasteiger partial charge in [-0.05, 0) is 26.2 Å². The Labute approximate surface area is 121 Å². The number of rotatable bonds is 6. The number of aliphatic hydroxyl groups is 1. The molecule has 1 aliphatic carbocycles. The quantitative estimate of drug-likeness (QED) is 0.746. The van der Waals surface area contributed by atoms with E-state index < -0.39 is 0 Å². The van der Waals surface area contributed by atoms with Crippen LogP contribution in [0.2, 0.25) is 0 Å². The van der Waals surface area contributed by atoms with Crippen LogP contribution in [0.3, 0.4) is 0 Å². The van der Waals surface area contributed by atoms with Crippen molar-refractivity contribution in [1.82, 2.24) is 9.97 Å². The Hall–Kier alpha value is -1.36. The maximum absolute atomic E-state index is 10.1. The summed E-state index contributed by atoms with van der Waals surface area (Å²) in [4.78, 5) is 9.06. The molecule has 0 bridgehead atoms. The van der Waals surface area contributed by atoms with Gasteiger partial charge >= 0.3 is 0 Å². The lowest BCUT2D eigenvalue weighted by atomic mass is 9.92. The number of aliphatic hydroxyl groups excluding tert-OH is 1. The maximum Gasteiger partial charge on any atom is 0.133 e. The third kappa shape index (κ3) is 4.07. The number of aryl methyl sites for hydroxylation is 1. The van der Waals surface area contributed by atoms with Crippen molar-refractivity contribution in [3.05, 3.63) is 11.9 Å². The van der Waals surface area contributed by atoms with Gasteiger partial charge in [0.2, 0.25) is 0 Å². The van der Waals surface area contributed by atoms with E-state index in [0.717, 1.165) is 56.1 Å². The first-order valence-corrected chi connectivity index (χ1v) is 7.79. The molecule has 2 rings (SSSR count). The molecule has 1 aliphatic rings. The van der Waals surface area contributed by atoms with Crippen LogP contribution in [0.15, 0.2) is 6.07 Å². The molecule has 1 aromatic heterocycles. The smallest absolute Gasteiger partial charge is 0.133 e. The normalized spacial score (nSPS) is 22.6. The van der Waals surface area contributed by atoms with E-state index in [2.05, 4.69) is 34.4 Å². The molecule has 5 nitrogen and oxygen atoms in total. The fourth-order valence-electron chi connectivity index (χ4n) is 2.65. The predicted octanol–water partition coefficient (Wildman–Crippen LogP) is 2.58. The lowest BCUT2D eigenvalue weighted by Gasteiger charge is -2.29. The van der Waals surface area contributed by atoms with Crippen molar-refractivity contribution >= 4 is 11.6 Å². The van der Waals surface area contributed by atoms with Crippen molar-refractivity contribution in [3.63, 3.8) is 0 Å². The molecular formula is C15H26N4O. The highest BCUT2D eigenvalue weighted by molar-refractivity contribution is 5.48. The van der Waals surface area contributed by atoms with Crippen molar-refractivity contribution in [2.75, 3.05) is 17.2 Å². The van der Waals surface area contributed by atoms with Gasteiger partial charge in [0.05, 0.1) is 12.1 Å². The highest BCUT2D eigenvalue weighted by Gasteiger charge is 2.23. The minimum absolute atomic E-state index is 0.114. The van der Waals surface area contributed by atoms with Gasteiger partial charge in [0.25, 0.3) is 0 Å². The summed E-state index contributed by atoms with van der Waals surface area (Å²) in [5.74, 6) is 2.54. The number of aromatic nitrogens is 2. The molecule has 1 fully saturated rings. The standard InChI is InChI=1S/C15H26N4O/c1-3-7-13-18-14(16-4-2)10-15(19-13)17-11-8-5-6-9-12(11)20/h10-12,20H,3-9H2,1-2H3,(H2,16,17,18,19). The summed E-state index contributed by atoms with van der Waals surface area (Å²) in [6.07, 6.45) is 5.81. The first kappa shape index (κ1) is 15.0. The highest BCUT2D eigenvalue weighted by Crippen LogP contribution is 2.22. The Morgan fingerprint density at radius 3 is 2.65 bits per heavy atom. The van der Waals surface area contributed by atoms with E-state index in [0.29, 0.717) is 0 Å². The van der Waals surface area contributed by atoms with E-state index in [1.165, 1.54) is 6.42 Å². The summed E-state index contributed by atoms with van der Waals surface area (Å²) >= 11 is 0. The Morgan fingerprint density at radius 2 is 1.95 bits per heavy atom. The Balaban J connectivity index is 2.12. The maximum atomic E-state index is 10.1. The second-order valence-corrected chi connectivity index (χ2v) is 5.44. The molecule has 0 saturated heterocycles. The van der Waals surface area contributed by atoms with Crippen LogP contribution in [-0.2, 0) is 6.42 Å². The number of hydrogen-bond donors (Lipinski definition) is 3. The molecule has 0 aliphatic heterocycles. The fourth-order valence-corrected chi connectivity index (χ4v) is 2.65. The van der Waals surface area contributed by atoms with E-state index >= 15 is 0 Å². The third-order valence-electron chi connectivity index (χ3n) is 3.67. The lowest BCUT2D eigenvalue weighted by molar-refractivity contribution is 0.116. The SMILES string of the molecule is CCCc1nc(NCC)cc(NC2CCCCC2O)n1. The van der Waals surface area contributed by atoms with Crippen LogP contribution in [-0.4, -0.2) is 33.8 Å². The van der Waals surface area contributed by atoms with Gasteiger partial charge in [-0.15, -0.1) is 0 Å². The molecule has 5 heteroatoms.